The standard InChI is InChI=1S/C11H8ClN3O3/c1-18-11(17)10-13-6-15(14-10)9-4-2-3-8(12)7(9)5-16/h2-6H,1H3. The van der Waals surface area contributed by atoms with Crippen LogP contribution in [0.4, 0.5) is 0 Å². The van der Waals surface area contributed by atoms with E-state index in [1.165, 1.54) is 18.1 Å². The van der Waals surface area contributed by atoms with Crippen molar-refractivity contribution in [3.05, 3.63) is 40.9 Å². The number of rotatable bonds is 3. The Kier molecular flexibility index (Phi) is 3.38. The zero-order valence-electron chi connectivity index (χ0n) is 9.33. The number of carbonyl (C=O) groups excluding carboxylic acids is 2. The molecule has 0 spiro atoms. The van der Waals surface area contributed by atoms with Gasteiger partial charge in [0, 0.05) is 0 Å². The zero-order valence-corrected chi connectivity index (χ0v) is 10.1. The van der Waals surface area contributed by atoms with Crippen LogP contribution in [0.25, 0.3) is 5.69 Å². The fourth-order valence-electron chi connectivity index (χ4n) is 1.41. The van der Waals surface area contributed by atoms with Crippen molar-refractivity contribution in [2.45, 2.75) is 0 Å². The van der Waals surface area contributed by atoms with Gasteiger partial charge < -0.3 is 4.74 Å². The summed E-state index contributed by atoms with van der Waals surface area (Å²) in [5, 5.41) is 4.22. The molecular formula is C11H8ClN3O3. The molecule has 0 aliphatic heterocycles. The van der Waals surface area contributed by atoms with E-state index in [2.05, 4.69) is 14.8 Å². The van der Waals surface area contributed by atoms with E-state index >= 15 is 0 Å². The highest BCUT2D eigenvalue weighted by molar-refractivity contribution is 6.33. The molecular weight excluding hydrogens is 258 g/mol. The van der Waals surface area contributed by atoms with Crippen molar-refractivity contribution in [3.63, 3.8) is 0 Å². The first kappa shape index (κ1) is 12.3. The summed E-state index contributed by atoms with van der Waals surface area (Å²) in [4.78, 5) is 26.0. The van der Waals surface area contributed by atoms with Crippen LogP contribution < -0.4 is 0 Å². The third-order valence-electron chi connectivity index (χ3n) is 2.25. The molecule has 2 rings (SSSR count). The van der Waals surface area contributed by atoms with Crippen LogP contribution in [-0.4, -0.2) is 34.1 Å². The zero-order chi connectivity index (χ0) is 13.1. The van der Waals surface area contributed by atoms with Crippen molar-refractivity contribution >= 4 is 23.9 Å². The number of halogens is 1. The summed E-state index contributed by atoms with van der Waals surface area (Å²) in [6.45, 7) is 0. The summed E-state index contributed by atoms with van der Waals surface area (Å²) in [5.41, 5.74) is 0.723. The molecule has 0 bridgehead atoms. The van der Waals surface area contributed by atoms with Crippen molar-refractivity contribution in [2.75, 3.05) is 7.11 Å². The lowest BCUT2D eigenvalue weighted by Gasteiger charge is -2.04. The molecule has 1 heterocycles. The van der Waals surface area contributed by atoms with Crippen LogP contribution in [0, 0.1) is 0 Å². The second-order valence-corrected chi connectivity index (χ2v) is 3.70. The van der Waals surface area contributed by atoms with E-state index in [4.69, 9.17) is 11.6 Å². The minimum atomic E-state index is -0.650. The van der Waals surface area contributed by atoms with Gasteiger partial charge in [0.2, 0.25) is 0 Å². The Hall–Kier alpha value is -2.21. The summed E-state index contributed by atoms with van der Waals surface area (Å²) in [6, 6.07) is 4.91. The molecule has 2 aromatic rings. The summed E-state index contributed by atoms with van der Waals surface area (Å²) >= 11 is 5.89. The Morgan fingerprint density at radius 2 is 2.28 bits per heavy atom. The summed E-state index contributed by atoms with van der Waals surface area (Å²) in [7, 11) is 1.24. The first-order chi connectivity index (χ1) is 8.67. The molecule has 1 aromatic carbocycles. The average molecular weight is 266 g/mol. The molecule has 0 aliphatic carbocycles. The van der Waals surface area contributed by atoms with Crippen LogP contribution in [0.1, 0.15) is 21.0 Å². The molecule has 18 heavy (non-hydrogen) atoms. The van der Waals surface area contributed by atoms with Gasteiger partial charge in [0.1, 0.15) is 6.33 Å². The Balaban J connectivity index is 2.49. The summed E-state index contributed by atoms with van der Waals surface area (Å²) in [5.74, 6) is -0.738. The third kappa shape index (κ3) is 2.10. The SMILES string of the molecule is COC(=O)c1ncn(-c2cccc(Cl)c2C=O)n1. The van der Waals surface area contributed by atoms with Crippen LogP contribution in [0.5, 0.6) is 0 Å². The molecule has 0 radical (unpaired) electrons. The van der Waals surface area contributed by atoms with Gasteiger partial charge in [-0.25, -0.2) is 14.5 Å². The third-order valence-corrected chi connectivity index (χ3v) is 2.58. The van der Waals surface area contributed by atoms with E-state index in [0.29, 0.717) is 17.0 Å². The second-order valence-electron chi connectivity index (χ2n) is 3.29. The second kappa shape index (κ2) is 4.97. The van der Waals surface area contributed by atoms with Crippen molar-refractivity contribution in [1.82, 2.24) is 14.8 Å². The summed E-state index contributed by atoms with van der Waals surface area (Å²) < 4.78 is 5.79. The van der Waals surface area contributed by atoms with Crippen LogP contribution in [0.3, 0.4) is 0 Å². The predicted octanol–water partition coefficient (Wildman–Crippen LogP) is 1.52. The Morgan fingerprint density at radius 1 is 1.50 bits per heavy atom. The number of benzene rings is 1. The number of esters is 1. The van der Waals surface area contributed by atoms with E-state index in [-0.39, 0.29) is 11.4 Å². The molecule has 0 unspecified atom stereocenters. The number of hydrogen-bond acceptors (Lipinski definition) is 5. The lowest BCUT2D eigenvalue weighted by molar-refractivity contribution is 0.0587. The number of aldehydes is 1. The maximum atomic E-state index is 11.2. The highest BCUT2D eigenvalue weighted by atomic mass is 35.5. The number of aromatic nitrogens is 3. The number of ether oxygens (including phenoxy) is 1. The van der Waals surface area contributed by atoms with Gasteiger partial charge in [0.15, 0.2) is 6.29 Å². The Bertz CT molecular complexity index is 609. The smallest absolute Gasteiger partial charge is 0.377 e. The minimum Gasteiger partial charge on any atom is -0.463 e. The van der Waals surface area contributed by atoms with E-state index in [1.807, 2.05) is 0 Å². The van der Waals surface area contributed by atoms with Crippen molar-refractivity contribution in [3.8, 4) is 5.69 Å². The fourth-order valence-corrected chi connectivity index (χ4v) is 1.62. The van der Waals surface area contributed by atoms with Crippen LogP contribution >= 0.6 is 11.6 Å². The minimum absolute atomic E-state index is 0.0886. The predicted molar refractivity (Wildman–Crippen MR) is 63.1 cm³/mol. The van der Waals surface area contributed by atoms with Crippen LogP contribution in [0.2, 0.25) is 5.02 Å². The molecule has 0 N–H and O–H groups in total. The molecule has 0 aliphatic rings. The van der Waals surface area contributed by atoms with Gasteiger partial charge in [-0.05, 0) is 12.1 Å². The quantitative estimate of drug-likeness (QED) is 0.621. The van der Waals surface area contributed by atoms with E-state index < -0.39 is 5.97 Å². The molecule has 0 atom stereocenters. The van der Waals surface area contributed by atoms with Crippen molar-refractivity contribution in [2.24, 2.45) is 0 Å². The lowest BCUT2D eigenvalue weighted by atomic mass is 10.2. The van der Waals surface area contributed by atoms with E-state index in [1.54, 1.807) is 18.2 Å². The highest BCUT2D eigenvalue weighted by Crippen LogP contribution is 2.20. The molecule has 92 valence electrons. The molecule has 0 fully saturated rings. The van der Waals surface area contributed by atoms with Gasteiger partial charge >= 0.3 is 5.97 Å². The molecule has 0 saturated heterocycles. The largest absolute Gasteiger partial charge is 0.463 e. The lowest BCUT2D eigenvalue weighted by Crippen LogP contribution is -2.06. The average Bonchev–Trinajstić information content (AvgIpc) is 2.87. The molecule has 0 amide bonds. The van der Waals surface area contributed by atoms with Gasteiger partial charge in [-0.3, -0.25) is 4.79 Å². The number of methoxy groups -OCH3 is 1. The van der Waals surface area contributed by atoms with Crippen LogP contribution in [0.15, 0.2) is 24.5 Å². The van der Waals surface area contributed by atoms with E-state index in [9.17, 15) is 9.59 Å². The first-order valence-electron chi connectivity index (χ1n) is 4.91. The molecule has 1 aromatic heterocycles. The molecule has 0 saturated carbocycles. The maximum Gasteiger partial charge on any atom is 0.377 e. The highest BCUT2D eigenvalue weighted by Gasteiger charge is 2.14. The van der Waals surface area contributed by atoms with Crippen molar-refractivity contribution < 1.29 is 14.3 Å². The number of carbonyl (C=O) groups is 2. The fraction of sp³-hybridized carbons (Fsp3) is 0.0909. The van der Waals surface area contributed by atoms with Gasteiger partial charge in [0.25, 0.3) is 5.82 Å². The topological polar surface area (TPSA) is 74.1 Å². The van der Waals surface area contributed by atoms with E-state index in [0.717, 1.165) is 0 Å². The monoisotopic (exact) mass is 265 g/mol. The summed E-state index contributed by atoms with van der Waals surface area (Å²) in [6.07, 6.45) is 1.93. The van der Waals surface area contributed by atoms with Gasteiger partial charge in [-0.1, -0.05) is 17.7 Å². The van der Waals surface area contributed by atoms with Crippen molar-refractivity contribution in [1.29, 1.82) is 0 Å². The first-order valence-corrected chi connectivity index (χ1v) is 5.29. The van der Waals surface area contributed by atoms with Crippen LogP contribution in [-0.2, 0) is 4.74 Å². The Morgan fingerprint density at radius 3 is 2.94 bits per heavy atom. The Labute approximate surface area is 107 Å². The van der Waals surface area contributed by atoms with Gasteiger partial charge in [0.05, 0.1) is 23.4 Å². The van der Waals surface area contributed by atoms with Gasteiger partial charge in [-0.15, -0.1) is 5.10 Å². The number of hydrogen-bond donors (Lipinski definition) is 0. The molecule has 7 heteroatoms. The molecule has 6 nitrogen and oxygen atoms in total. The number of nitrogens with zero attached hydrogens (tertiary/aromatic N) is 3. The van der Waals surface area contributed by atoms with Gasteiger partial charge in [-0.2, -0.15) is 0 Å². The normalized spacial score (nSPS) is 10.1. The maximum absolute atomic E-state index is 11.2.